The predicted octanol–water partition coefficient (Wildman–Crippen LogP) is 3.45. The number of rotatable bonds is 7. The molecule has 0 aliphatic heterocycles. The molecule has 2 nitrogen and oxygen atoms in total. The molecule has 1 aromatic carbocycles. The molecule has 0 bridgehead atoms. The molecule has 0 aromatic heterocycles. The molecule has 0 heterocycles. The maximum atomic E-state index is 5.61. The SMILES string of the molecule is CCCCCCNSc1ccc(N)cc1. The normalized spacial score (nSPS) is 10.5. The monoisotopic (exact) mass is 224 g/mol. The Balaban J connectivity index is 2.07. The van der Waals surface area contributed by atoms with E-state index in [9.17, 15) is 0 Å². The Hall–Kier alpha value is -0.670. The van der Waals surface area contributed by atoms with Crippen molar-refractivity contribution in [2.75, 3.05) is 12.3 Å². The molecule has 1 rings (SSSR count). The zero-order chi connectivity index (χ0) is 10.9. The van der Waals surface area contributed by atoms with Gasteiger partial charge in [0.05, 0.1) is 0 Å². The van der Waals surface area contributed by atoms with Gasteiger partial charge in [0, 0.05) is 17.1 Å². The van der Waals surface area contributed by atoms with Gasteiger partial charge in [-0.25, -0.2) is 0 Å². The summed E-state index contributed by atoms with van der Waals surface area (Å²) in [6, 6.07) is 7.94. The van der Waals surface area contributed by atoms with Crippen molar-refractivity contribution in [3.05, 3.63) is 24.3 Å². The van der Waals surface area contributed by atoms with E-state index in [-0.39, 0.29) is 0 Å². The van der Waals surface area contributed by atoms with Crippen LogP contribution in [0.25, 0.3) is 0 Å². The molecule has 0 radical (unpaired) electrons. The first-order valence-electron chi connectivity index (χ1n) is 5.58. The second-order valence-electron chi connectivity index (χ2n) is 3.63. The molecule has 0 unspecified atom stereocenters. The number of hydrogen-bond acceptors (Lipinski definition) is 3. The first-order chi connectivity index (χ1) is 7.33. The van der Waals surface area contributed by atoms with Crippen molar-refractivity contribution < 1.29 is 0 Å². The number of nitrogens with one attached hydrogen (secondary N) is 1. The molecule has 0 spiro atoms. The number of benzene rings is 1. The van der Waals surface area contributed by atoms with Crippen LogP contribution in [0.2, 0.25) is 0 Å². The second-order valence-corrected chi connectivity index (χ2v) is 4.59. The van der Waals surface area contributed by atoms with Gasteiger partial charge < -0.3 is 5.73 Å². The van der Waals surface area contributed by atoms with E-state index in [2.05, 4.69) is 11.6 Å². The molecule has 0 aliphatic carbocycles. The lowest BCUT2D eigenvalue weighted by molar-refractivity contribution is 0.662. The summed E-state index contributed by atoms with van der Waals surface area (Å²) in [6.45, 7) is 3.31. The summed E-state index contributed by atoms with van der Waals surface area (Å²) in [5.41, 5.74) is 6.43. The minimum atomic E-state index is 0.822. The maximum absolute atomic E-state index is 5.61. The minimum Gasteiger partial charge on any atom is -0.399 e. The zero-order valence-electron chi connectivity index (χ0n) is 9.33. The smallest absolute Gasteiger partial charge is 0.0314 e. The van der Waals surface area contributed by atoms with Crippen LogP contribution in [0.15, 0.2) is 29.2 Å². The van der Waals surface area contributed by atoms with E-state index in [1.807, 2.05) is 24.3 Å². The third-order valence-electron chi connectivity index (χ3n) is 2.20. The van der Waals surface area contributed by atoms with Gasteiger partial charge in [-0.2, -0.15) is 0 Å². The fourth-order valence-electron chi connectivity index (χ4n) is 1.29. The molecular formula is C12H20N2S. The van der Waals surface area contributed by atoms with Gasteiger partial charge in [-0.15, -0.1) is 0 Å². The summed E-state index contributed by atoms with van der Waals surface area (Å²) in [7, 11) is 0. The van der Waals surface area contributed by atoms with E-state index in [1.165, 1.54) is 30.6 Å². The van der Waals surface area contributed by atoms with Crippen LogP contribution in [-0.2, 0) is 0 Å². The highest BCUT2D eigenvalue weighted by molar-refractivity contribution is 7.97. The van der Waals surface area contributed by atoms with Crippen LogP contribution in [0.1, 0.15) is 32.6 Å². The third-order valence-corrected chi connectivity index (χ3v) is 3.06. The number of anilines is 1. The van der Waals surface area contributed by atoms with Crippen LogP contribution in [-0.4, -0.2) is 6.54 Å². The average Bonchev–Trinajstić information content (AvgIpc) is 2.26. The van der Waals surface area contributed by atoms with Crippen molar-refractivity contribution in [3.8, 4) is 0 Å². The third kappa shape index (κ3) is 5.70. The Morgan fingerprint density at radius 3 is 2.53 bits per heavy atom. The van der Waals surface area contributed by atoms with Crippen molar-refractivity contribution >= 4 is 17.6 Å². The van der Waals surface area contributed by atoms with E-state index >= 15 is 0 Å². The lowest BCUT2D eigenvalue weighted by Gasteiger charge is -2.03. The Bertz CT molecular complexity index is 259. The van der Waals surface area contributed by atoms with Gasteiger partial charge >= 0.3 is 0 Å². The van der Waals surface area contributed by atoms with Crippen LogP contribution >= 0.6 is 11.9 Å². The minimum absolute atomic E-state index is 0.822. The van der Waals surface area contributed by atoms with E-state index in [4.69, 9.17) is 5.73 Å². The predicted molar refractivity (Wildman–Crippen MR) is 68.9 cm³/mol. The van der Waals surface area contributed by atoms with Crippen LogP contribution < -0.4 is 10.5 Å². The van der Waals surface area contributed by atoms with Crippen molar-refractivity contribution in [1.29, 1.82) is 0 Å². The molecule has 3 N–H and O–H groups in total. The van der Waals surface area contributed by atoms with Gasteiger partial charge in [-0.1, -0.05) is 26.2 Å². The highest BCUT2D eigenvalue weighted by atomic mass is 32.2. The van der Waals surface area contributed by atoms with Crippen molar-refractivity contribution in [2.45, 2.75) is 37.5 Å². The van der Waals surface area contributed by atoms with Gasteiger partial charge in [-0.3, -0.25) is 4.72 Å². The molecule has 0 amide bonds. The largest absolute Gasteiger partial charge is 0.399 e. The van der Waals surface area contributed by atoms with Crippen molar-refractivity contribution in [1.82, 2.24) is 4.72 Å². The Labute approximate surface area is 96.8 Å². The van der Waals surface area contributed by atoms with Gasteiger partial charge in [0.1, 0.15) is 0 Å². The van der Waals surface area contributed by atoms with E-state index in [0.717, 1.165) is 12.2 Å². The molecule has 0 saturated carbocycles. The molecule has 84 valence electrons. The van der Waals surface area contributed by atoms with Crippen LogP contribution in [0.3, 0.4) is 0 Å². The Morgan fingerprint density at radius 1 is 1.13 bits per heavy atom. The Morgan fingerprint density at radius 2 is 1.87 bits per heavy atom. The first-order valence-corrected chi connectivity index (χ1v) is 6.40. The van der Waals surface area contributed by atoms with Crippen molar-refractivity contribution in [2.24, 2.45) is 0 Å². The zero-order valence-corrected chi connectivity index (χ0v) is 10.1. The summed E-state index contributed by atoms with van der Waals surface area (Å²) in [6.07, 6.45) is 5.22. The summed E-state index contributed by atoms with van der Waals surface area (Å²) >= 11 is 1.68. The van der Waals surface area contributed by atoms with Crippen LogP contribution in [0.5, 0.6) is 0 Å². The van der Waals surface area contributed by atoms with E-state index in [1.54, 1.807) is 11.9 Å². The number of nitrogens with two attached hydrogens (primary N) is 1. The average molecular weight is 224 g/mol. The molecular weight excluding hydrogens is 204 g/mol. The molecule has 0 aliphatic rings. The van der Waals surface area contributed by atoms with Gasteiger partial charge in [0.25, 0.3) is 0 Å². The molecule has 15 heavy (non-hydrogen) atoms. The highest BCUT2D eigenvalue weighted by Crippen LogP contribution is 2.15. The highest BCUT2D eigenvalue weighted by Gasteiger charge is 1.93. The lowest BCUT2D eigenvalue weighted by Crippen LogP contribution is -2.04. The summed E-state index contributed by atoms with van der Waals surface area (Å²) < 4.78 is 3.36. The fourth-order valence-corrected chi connectivity index (χ4v) is 1.98. The van der Waals surface area contributed by atoms with E-state index in [0.29, 0.717) is 0 Å². The van der Waals surface area contributed by atoms with Gasteiger partial charge in [-0.05, 0) is 42.6 Å². The Kier molecular flexibility index (Phi) is 6.28. The standard InChI is InChI=1S/C12H20N2S/c1-2-3-4-5-10-14-15-12-8-6-11(13)7-9-12/h6-9,14H,2-5,10,13H2,1H3. The summed E-state index contributed by atoms with van der Waals surface area (Å²) in [4.78, 5) is 1.22. The first kappa shape index (κ1) is 12.4. The molecule has 0 fully saturated rings. The number of nitrogen functional groups attached to an aromatic ring is 1. The van der Waals surface area contributed by atoms with Gasteiger partial charge in [0.2, 0.25) is 0 Å². The lowest BCUT2D eigenvalue weighted by atomic mass is 10.2. The number of unbranched alkanes of at least 4 members (excludes halogenated alkanes) is 3. The fraction of sp³-hybridized carbons (Fsp3) is 0.500. The molecule has 1 aromatic rings. The van der Waals surface area contributed by atoms with E-state index < -0.39 is 0 Å². The second kappa shape index (κ2) is 7.60. The van der Waals surface area contributed by atoms with Crippen LogP contribution in [0.4, 0.5) is 5.69 Å². The molecule has 3 heteroatoms. The maximum Gasteiger partial charge on any atom is 0.0314 e. The summed E-state index contributed by atoms with van der Waals surface area (Å²) in [5.74, 6) is 0. The topological polar surface area (TPSA) is 38.0 Å². The van der Waals surface area contributed by atoms with Gasteiger partial charge in [0.15, 0.2) is 0 Å². The summed E-state index contributed by atoms with van der Waals surface area (Å²) in [5, 5.41) is 0. The molecule has 0 saturated heterocycles. The van der Waals surface area contributed by atoms with Crippen molar-refractivity contribution in [3.63, 3.8) is 0 Å². The molecule has 0 atom stereocenters. The number of hydrogen-bond donors (Lipinski definition) is 2. The van der Waals surface area contributed by atoms with Crippen LogP contribution in [0, 0.1) is 0 Å². The quantitative estimate of drug-likeness (QED) is 0.423.